The Bertz CT molecular complexity index is 1400. The van der Waals surface area contributed by atoms with Gasteiger partial charge in [-0.2, -0.15) is 5.26 Å². The van der Waals surface area contributed by atoms with E-state index in [2.05, 4.69) is 15.6 Å². The van der Waals surface area contributed by atoms with Crippen molar-refractivity contribution in [3.63, 3.8) is 0 Å². The summed E-state index contributed by atoms with van der Waals surface area (Å²) in [5.41, 5.74) is 1.35. The molecule has 0 unspecified atom stereocenters. The monoisotopic (exact) mass is 422 g/mol. The van der Waals surface area contributed by atoms with E-state index in [1.807, 2.05) is 18.2 Å². The second-order valence-electron chi connectivity index (χ2n) is 6.22. The number of hydrogen-bond donors (Lipinski definition) is 1. The van der Waals surface area contributed by atoms with Gasteiger partial charge in [-0.3, -0.25) is 5.41 Å². The van der Waals surface area contributed by atoms with Crippen LogP contribution in [0.3, 0.4) is 0 Å². The molecule has 1 N–H and O–H groups in total. The molecule has 0 atom stereocenters. The van der Waals surface area contributed by atoms with Crippen LogP contribution in [0.15, 0.2) is 101 Å². The van der Waals surface area contributed by atoms with Gasteiger partial charge in [-0.1, -0.05) is 66.7 Å². The fraction of sp³-hybridized carbons (Fsp3) is 0. The topological polar surface area (TPSA) is 104 Å². The Morgan fingerprint density at radius 3 is 1.67 bits per heavy atom. The highest BCUT2D eigenvalue weighted by molar-refractivity contribution is 5.94. The van der Waals surface area contributed by atoms with Crippen LogP contribution in [0, 0.1) is 52.5 Å². The van der Waals surface area contributed by atoms with Crippen molar-refractivity contribution < 1.29 is 0 Å². The quantitative estimate of drug-likeness (QED) is 0.272. The first-order valence-electron chi connectivity index (χ1n) is 9.38. The maximum Gasteiger partial charge on any atom is 0.270 e. The second kappa shape index (κ2) is 12.1. The summed E-state index contributed by atoms with van der Waals surface area (Å²) in [5, 5.41) is 36.2. The van der Waals surface area contributed by atoms with Gasteiger partial charge in [-0.15, -0.1) is 0 Å². The first-order chi connectivity index (χ1) is 16.1. The van der Waals surface area contributed by atoms with E-state index in [-0.39, 0.29) is 33.7 Å². The Balaban J connectivity index is 2.63. The number of nitrogens with zero attached hydrogens (tertiary/aromatic N) is 5. The Morgan fingerprint density at radius 2 is 1.24 bits per heavy atom. The van der Waals surface area contributed by atoms with Gasteiger partial charge in [0.05, 0.1) is 36.9 Å². The van der Waals surface area contributed by atoms with Crippen LogP contribution in [0.4, 0.5) is 0 Å². The summed E-state index contributed by atoms with van der Waals surface area (Å²) in [4.78, 5) is 6.52. The van der Waals surface area contributed by atoms with Crippen LogP contribution in [0.2, 0.25) is 0 Å². The van der Waals surface area contributed by atoms with E-state index < -0.39 is 0 Å². The lowest BCUT2D eigenvalue weighted by Crippen LogP contribution is -1.93. The van der Waals surface area contributed by atoms with Crippen molar-refractivity contribution in [1.82, 2.24) is 0 Å². The highest BCUT2D eigenvalue weighted by Gasteiger charge is 2.15. The number of hydrogen-bond acceptors (Lipinski definition) is 4. The molecule has 0 saturated carbocycles. The molecule has 0 aliphatic heterocycles. The summed E-state index contributed by atoms with van der Waals surface area (Å²) in [6.45, 7) is 14.6. The summed E-state index contributed by atoms with van der Waals surface area (Å²) >= 11 is 0. The SMILES string of the molecule is [C-]#[N+]\C(C#N)=C(/C(C#N)=C/C=C/C(=C=N)/C(=C(\C#N)[N+]#[C-])c1ccccc1)c1ccccc1. The van der Waals surface area contributed by atoms with Crippen molar-refractivity contribution in [2.75, 3.05) is 0 Å². The molecule has 6 nitrogen and oxygen atoms in total. The standard InChI is InChI=1S/C27H14N6/c1-32-24(18-30)26(20-10-5-3-6-11-20)22(16-28)14-9-15-23(17-29)27(25(19-31)33-2)21-12-7-4-8-13-21/h3-15,28H/b14-9+,23-15+,26-24+,27-25-. The third kappa shape index (κ3) is 5.68. The number of nitrogens with one attached hydrogen (secondary N) is 1. The Hall–Kier alpha value is -5.70. The van der Waals surface area contributed by atoms with Crippen LogP contribution in [-0.4, -0.2) is 5.87 Å². The van der Waals surface area contributed by atoms with E-state index >= 15 is 0 Å². The van der Waals surface area contributed by atoms with Crippen molar-refractivity contribution >= 4 is 17.0 Å². The van der Waals surface area contributed by atoms with Crippen LogP contribution in [0.5, 0.6) is 0 Å². The molecule has 0 spiro atoms. The lowest BCUT2D eigenvalue weighted by atomic mass is 9.95. The van der Waals surface area contributed by atoms with Crippen molar-refractivity contribution in [3.8, 4) is 18.2 Å². The van der Waals surface area contributed by atoms with Gasteiger partial charge in [0.15, 0.2) is 0 Å². The molecule has 0 fully saturated rings. The van der Waals surface area contributed by atoms with E-state index in [1.54, 1.807) is 60.7 Å². The van der Waals surface area contributed by atoms with Crippen LogP contribution in [0.25, 0.3) is 20.8 Å². The summed E-state index contributed by atoms with van der Waals surface area (Å²) < 4.78 is 0. The third-order valence-corrected chi connectivity index (χ3v) is 4.35. The fourth-order valence-corrected chi connectivity index (χ4v) is 2.93. The molecule has 0 amide bonds. The molecule has 0 aromatic heterocycles. The van der Waals surface area contributed by atoms with Gasteiger partial charge in [0, 0.05) is 16.7 Å². The van der Waals surface area contributed by atoms with Crippen LogP contribution in [-0.2, 0) is 0 Å². The van der Waals surface area contributed by atoms with E-state index in [4.69, 9.17) is 18.6 Å². The summed E-state index contributed by atoms with van der Waals surface area (Å²) in [5.74, 6) is 2.25. The largest absolute Gasteiger partial charge is 0.270 e. The molecule has 2 rings (SSSR count). The normalized spacial score (nSPS) is 11.9. The maximum absolute atomic E-state index is 9.72. The molecule has 0 aliphatic carbocycles. The lowest BCUT2D eigenvalue weighted by Gasteiger charge is -2.08. The average molecular weight is 422 g/mol. The predicted octanol–water partition coefficient (Wildman–Crippen LogP) is 5.88. The minimum absolute atomic E-state index is 0.0743. The highest BCUT2D eigenvalue weighted by atomic mass is 14.7. The molecule has 2 aromatic carbocycles. The van der Waals surface area contributed by atoms with Crippen LogP contribution >= 0.6 is 0 Å². The first kappa shape index (κ1) is 23.6. The molecule has 0 radical (unpaired) electrons. The molecular formula is C27H14N6. The lowest BCUT2D eigenvalue weighted by molar-refractivity contribution is 1.45. The van der Waals surface area contributed by atoms with Gasteiger partial charge in [-0.05, 0) is 29.1 Å². The van der Waals surface area contributed by atoms with Gasteiger partial charge in [-0.25, -0.2) is 20.2 Å². The molecule has 152 valence electrons. The molecule has 33 heavy (non-hydrogen) atoms. The second-order valence-corrected chi connectivity index (χ2v) is 6.22. The van der Waals surface area contributed by atoms with E-state index in [9.17, 15) is 15.8 Å². The molecule has 0 bridgehead atoms. The zero-order valence-corrected chi connectivity index (χ0v) is 17.2. The fourth-order valence-electron chi connectivity index (χ4n) is 2.93. The molecule has 6 heteroatoms. The Labute approximate surface area is 192 Å². The zero-order chi connectivity index (χ0) is 24.1. The van der Waals surface area contributed by atoms with E-state index in [0.29, 0.717) is 11.1 Å². The summed E-state index contributed by atoms with van der Waals surface area (Å²) in [6, 6.07) is 23.0. The zero-order valence-electron chi connectivity index (χ0n) is 17.2. The number of benzene rings is 2. The molecule has 0 aliphatic rings. The van der Waals surface area contributed by atoms with Gasteiger partial charge in [0.25, 0.3) is 11.4 Å². The van der Waals surface area contributed by atoms with Crippen molar-refractivity contribution in [1.29, 1.82) is 21.2 Å². The Kier molecular flexibility index (Phi) is 8.65. The highest BCUT2D eigenvalue weighted by Crippen LogP contribution is 2.29. The molecule has 2 aromatic rings. The molecular weight excluding hydrogens is 408 g/mol. The first-order valence-corrected chi connectivity index (χ1v) is 9.38. The van der Waals surface area contributed by atoms with Gasteiger partial charge in [0.1, 0.15) is 0 Å². The number of rotatable bonds is 6. The van der Waals surface area contributed by atoms with Gasteiger partial charge >= 0.3 is 0 Å². The van der Waals surface area contributed by atoms with Gasteiger partial charge < -0.3 is 0 Å². The minimum atomic E-state index is -0.227. The number of nitriles is 3. The van der Waals surface area contributed by atoms with Crippen molar-refractivity contribution in [3.05, 3.63) is 135 Å². The average Bonchev–Trinajstić information content (AvgIpc) is 2.88. The summed E-state index contributed by atoms with van der Waals surface area (Å²) in [7, 11) is 0. The van der Waals surface area contributed by atoms with Crippen molar-refractivity contribution in [2.24, 2.45) is 0 Å². The van der Waals surface area contributed by atoms with Crippen LogP contribution in [0.1, 0.15) is 11.1 Å². The Morgan fingerprint density at radius 1 is 0.758 bits per heavy atom. The van der Waals surface area contributed by atoms with E-state index in [0.717, 1.165) is 0 Å². The van der Waals surface area contributed by atoms with Gasteiger partial charge in [0.2, 0.25) is 0 Å². The number of allylic oxidation sites excluding steroid dienone is 9. The predicted molar refractivity (Wildman–Crippen MR) is 125 cm³/mol. The third-order valence-electron chi connectivity index (χ3n) is 4.35. The van der Waals surface area contributed by atoms with E-state index in [1.165, 1.54) is 18.2 Å². The molecule has 0 saturated heterocycles. The minimum Gasteiger partial charge on any atom is -0.258 e. The maximum atomic E-state index is 9.72. The van der Waals surface area contributed by atoms with Crippen molar-refractivity contribution in [2.45, 2.75) is 0 Å². The molecule has 0 heterocycles. The smallest absolute Gasteiger partial charge is 0.258 e. The summed E-state index contributed by atoms with van der Waals surface area (Å²) in [6.07, 6.45) is 4.32. The van der Waals surface area contributed by atoms with Crippen LogP contribution < -0.4 is 0 Å².